The summed E-state index contributed by atoms with van der Waals surface area (Å²) in [4.78, 5) is 15.5. The van der Waals surface area contributed by atoms with Gasteiger partial charge in [-0.25, -0.2) is 4.39 Å². The van der Waals surface area contributed by atoms with Gasteiger partial charge in [-0.2, -0.15) is 0 Å². The summed E-state index contributed by atoms with van der Waals surface area (Å²) in [6, 6.07) is 6.36. The number of ether oxygens (including phenoxy) is 1. The van der Waals surface area contributed by atoms with E-state index >= 15 is 0 Å². The third-order valence-corrected chi connectivity index (χ3v) is 3.05. The summed E-state index contributed by atoms with van der Waals surface area (Å²) in [5, 5.41) is 2.60. The molecule has 1 aromatic heterocycles. The van der Waals surface area contributed by atoms with Crippen molar-refractivity contribution in [3.63, 3.8) is 0 Å². The molecular weight excluding hydrogens is 315 g/mol. The Morgan fingerprint density at radius 3 is 2.84 bits per heavy atom. The van der Waals surface area contributed by atoms with Crippen LogP contribution in [-0.2, 0) is 0 Å². The van der Waals surface area contributed by atoms with E-state index in [1.807, 2.05) is 0 Å². The number of anilines is 1. The van der Waals surface area contributed by atoms with Crippen molar-refractivity contribution in [1.82, 2.24) is 4.98 Å². The van der Waals surface area contributed by atoms with Crippen molar-refractivity contribution >= 4 is 27.5 Å². The van der Waals surface area contributed by atoms with Crippen molar-refractivity contribution in [3.05, 3.63) is 52.5 Å². The summed E-state index contributed by atoms with van der Waals surface area (Å²) >= 11 is 3.31. The fraction of sp³-hybridized carbons (Fsp3) is 0.0769. The van der Waals surface area contributed by atoms with E-state index in [2.05, 4.69) is 26.2 Å². The molecule has 1 amide bonds. The van der Waals surface area contributed by atoms with Crippen LogP contribution in [-0.4, -0.2) is 18.0 Å². The first-order valence-corrected chi connectivity index (χ1v) is 6.15. The fourth-order valence-corrected chi connectivity index (χ4v) is 2.04. The number of hydrogen-bond acceptors (Lipinski definition) is 3. The summed E-state index contributed by atoms with van der Waals surface area (Å²) in [5.41, 5.74) is 0.482. The molecule has 2 rings (SSSR count). The minimum absolute atomic E-state index is 0.0538. The van der Waals surface area contributed by atoms with Crippen LogP contribution in [0.2, 0.25) is 0 Å². The zero-order chi connectivity index (χ0) is 13.8. The van der Waals surface area contributed by atoms with Gasteiger partial charge in [0.05, 0.1) is 23.3 Å². The second-order valence-electron chi connectivity index (χ2n) is 3.66. The highest BCUT2D eigenvalue weighted by Gasteiger charge is 2.12. The number of methoxy groups -OCH3 is 1. The van der Waals surface area contributed by atoms with E-state index in [1.165, 1.54) is 12.3 Å². The molecule has 1 aromatic carbocycles. The van der Waals surface area contributed by atoms with Crippen molar-refractivity contribution in [2.24, 2.45) is 0 Å². The van der Waals surface area contributed by atoms with Gasteiger partial charge in [0.1, 0.15) is 5.75 Å². The number of carbonyl (C=O) groups is 1. The van der Waals surface area contributed by atoms with Gasteiger partial charge in [-0.15, -0.1) is 0 Å². The minimum atomic E-state index is -0.660. The number of carbonyl (C=O) groups excluding carboxylic acids is 1. The molecule has 0 spiro atoms. The van der Waals surface area contributed by atoms with Crippen LogP contribution in [0.4, 0.5) is 10.1 Å². The molecule has 0 radical (unpaired) electrons. The van der Waals surface area contributed by atoms with E-state index in [1.54, 1.807) is 25.3 Å². The molecule has 0 atom stereocenters. The summed E-state index contributed by atoms with van der Waals surface area (Å²) in [7, 11) is 1.55. The monoisotopic (exact) mass is 324 g/mol. The molecule has 4 nitrogen and oxygen atoms in total. The van der Waals surface area contributed by atoms with E-state index < -0.39 is 11.7 Å². The number of benzene rings is 1. The van der Waals surface area contributed by atoms with Crippen molar-refractivity contribution in [2.75, 3.05) is 12.4 Å². The van der Waals surface area contributed by atoms with Crippen molar-refractivity contribution < 1.29 is 13.9 Å². The topological polar surface area (TPSA) is 51.2 Å². The van der Waals surface area contributed by atoms with Crippen molar-refractivity contribution in [3.8, 4) is 5.75 Å². The maximum atomic E-state index is 13.4. The van der Waals surface area contributed by atoms with Crippen molar-refractivity contribution in [1.29, 1.82) is 0 Å². The van der Waals surface area contributed by atoms with Gasteiger partial charge in [-0.3, -0.25) is 9.78 Å². The third-order valence-electron chi connectivity index (χ3n) is 2.43. The lowest BCUT2D eigenvalue weighted by atomic mass is 10.2. The summed E-state index contributed by atoms with van der Waals surface area (Å²) in [5.74, 6) is -0.544. The van der Waals surface area contributed by atoms with Gasteiger partial charge < -0.3 is 10.1 Å². The first kappa shape index (κ1) is 13.5. The number of amides is 1. The molecule has 0 saturated heterocycles. The van der Waals surface area contributed by atoms with Crippen LogP contribution in [0.15, 0.2) is 41.1 Å². The molecular formula is C13H10BrFN2O2. The summed E-state index contributed by atoms with van der Waals surface area (Å²) < 4.78 is 19.2. The summed E-state index contributed by atoms with van der Waals surface area (Å²) in [6.07, 6.45) is 2.36. The molecule has 0 bridgehead atoms. The molecule has 19 heavy (non-hydrogen) atoms. The van der Waals surface area contributed by atoms with Crippen molar-refractivity contribution in [2.45, 2.75) is 0 Å². The van der Waals surface area contributed by atoms with Crippen LogP contribution < -0.4 is 10.1 Å². The Kier molecular flexibility index (Phi) is 4.11. The van der Waals surface area contributed by atoms with Crippen LogP contribution in [0.1, 0.15) is 10.4 Å². The van der Waals surface area contributed by atoms with E-state index in [9.17, 15) is 9.18 Å². The van der Waals surface area contributed by atoms with Gasteiger partial charge in [0.15, 0.2) is 5.82 Å². The first-order valence-electron chi connectivity index (χ1n) is 5.36. The number of pyridine rings is 1. The molecule has 0 aliphatic carbocycles. The number of aromatic nitrogens is 1. The third kappa shape index (κ3) is 3.08. The highest BCUT2D eigenvalue weighted by Crippen LogP contribution is 2.27. The number of nitrogens with one attached hydrogen (secondary N) is 1. The average molecular weight is 325 g/mol. The van der Waals surface area contributed by atoms with E-state index in [-0.39, 0.29) is 5.56 Å². The number of rotatable bonds is 3. The Morgan fingerprint density at radius 2 is 2.21 bits per heavy atom. The lowest BCUT2D eigenvalue weighted by Gasteiger charge is -2.08. The average Bonchev–Trinajstić information content (AvgIpc) is 2.39. The molecule has 2 aromatic rings. The lowest BCUT2D eigenvalue weighted by Crippen LogP contribution is -2.13. The van der Waals surface area contributed by atoms with Crippen LogP contribution in [0, 0.1) is 5.82 Å². The van der Waals surface area contributed by atoms with Crippen LogP contribution in [0.5, 0.6) is 5.75 Å². The molecule has 0 fully saturated rings. The van der Waals surface area contributed by atoms with Gasteiger partial charge in [0.2, 0.25) is 0 Å². The first-order chi connectivity index (χ1) is 9.11. The van der Waals surface area contributed by atoms with Crippen LogP contribution in [0.3, 0.4) is 0 Å². The Bertz CT molecular complexity index is 619. The Hall–Kier alpha value is -1.95. The molecule has 1 heterocycles. The lowest BCUT2D eigenvalue weighted by molar-refractivity contribution is 0.102. The van der Waals surface area contributed by atoms with Crippen LogP contribution >= 0.6 is 15.9 Å². The Balaban J connectivity index is 2.20. The fourth-order valence-electron chi connectivity index (χ4n) is 1.50. The summed E-state index contributed by atoms with van der Waals surface area (Å²) in [6.45, 7) is 0. The predicted molar refractivity (Wildman–Crippen MR) is 72.8 cm³/mol. The second kappa shape index (κ2) is 5.79. The van der Waals surface area contributed by atoms with Gasteiger partial charge in [0, 0.05) is 11.9 Å². The normalized spacial score (nSPS) is 10.1. The molecule has 0 aliphatic heterocycles. The number of halogens is 2. The predicted octanol–water partition coefficient (Wildman–Crippen LogP) is 3.24. The molecule has 0 aliphatic rings. The highest BCUT2D eigenvalue weighted by molar-refractivity contribution is 9.10. The molecule has 98 valence electrons. The quantitative estimate of drug-likeness (QED) is 0.942. The van der Waals surface area contributed by atoms with E-state index in [0.29, 0.717) is 15.9 Å². The SMILES string of the molecule is COc1ccc(NC(=O)c2ccncc2F)cc1Br. The zero-order valence-corrected chi connectivity index (χ0v) is 11.6. The zero-order valence-electron chi connectivity index (χ0n) is 9.98. The smallest absolute Gasteiger partial charge is 0.258 e. The Morgan fingerprint density at radius 1 is 1.42 bits per heavy atom. The largest absolute Gasteiger partial charge is 0.496 e. The highest BCUT2D eigenvalue weighted by atomic mass is 79.9. The van der Waals surface area contributed by atoms with Gasteiger partial charge in [-0.1, -0.05) is 0 Å². The van der Waals surface area contributed by atoms with E-state index in [0.717, 1.165) is 6.20 Å². The van der Waals surface area contributed by atoms with Crippen LogP contribution in [0.25, 0.3) is 0 Å². The van der Waals surface area contributed by atoms with Gasteiger partial charge >= 0.3 is 0 Å². The second-order valence-corrected chi connectivity index (χ2v) is 4.51. The molecule has 0 unspecified atom stereocenters. The maximum Gasteiger partial charge on any atom is 0.258 e. The van der Waals surface area contributed by atoms with Gasteiger partial charge in [0.25, 0.3) is 5.91 Å². The maximum absolute atomic E-state index is 13.4. The molecule has 0 saturated carbocycles. The van der Waals surface area contributed by atoms with Gasteiger partial charge in [-0.05, 0) is 40.2 Å². The minimum Gasteiger partial charge on any atom is -0.496 e. The standard InChI is InChI=1S/C13H10BrFN2O2/c1-19-12-3-2-8(6-10(12)14)17-13(18)9-4-5-16-7-11(9)15/h2-7H,1H3,(H,17,18). The Labute approximate surface area is 117 Å². The van der Waals surface area contributed by atoms with E-state index in [4.69, 9.17) is 4.74 Å². The molecule has 1 N–H and O–H groups in total. The number of nitrogens with zero attached hydrogens (tertiary/aromatic N) is 1. The molecule has 6 heteroatoms. The number of hydrogen-bond donors (Lipinski definition) is 1.